The Morgan fingerprint density at radius 1 is 1.38 bits per heavy atom. The Morgan fingerprint density at radius 2 is 2.00 bits per heavy atom. The van der Waals surface area contributed by atoms with Crippen molar-refractivity contribution in [3.8, 4) is 0 Å². The van der Waals surface area contributed by atoms with Crippen molar-refractivity contribution in [2.24, 2.45) is 0 Å². The van der Waals surface area contributed by atoms with Crippen LogP contribution in [0.25, 0.3) is 0 Å². The molecule has 0 heterocycles. The summed E-state index contributed by atoms with van der Waals surface area (Å²) in [7, 11) is 3.55. The highest BCUT2D eigenvalue weighted by molar-refractivity contribution is 5.97. The zero-order valence-electron chi connectivity index (χ0n) is 7.75. The second kappa shape index (κ2) is 4.14. The molecule has 0 unspecified atom stereocenters. The highest BCUT2D eigenvalue weighted by Crippen LogP contribution is 2.07. The van der Waals surface area contributed by atoms with Crippen LogP contribution in [0.3, 0.4) is 0 Å². The molecule has 0 fully saturated rings. The fraction of sp³-hybridized carbons (Fsp3) is 0.300. The summed E-state index contributed by atoms with van der Waals surface area (Å²) in [5.74, 6) is -0.641. The van der Waals surface area contributed by atoms with Crippen molar-refractivity contribution in [1.82, 2.24) is 4.90 Å². The molecule has 0 amide bonds. The van der Waals surface area contributed by atoms with Crippen LogP contribution >= 0.6 is 0 Å². The van der Waals surface area contributed by atoms with E-state index in [1.165, 1.54) is 12.1 Å². The van der Waals surface area contributed by atoms with Crippen molar-refractivity contribution < 1.29 is 9.18 Å². The number of ketones is 1. The predicted octanol–water partition coefficient (Wildman–Crippen LogP) is 1.57. The number of hydrogen-bond donors (Lipinski definition) is 0. The van der Waals surface area contributed by atoms with E-state index in [0.717, 1.165) is 0 Å². The van der Waals surface area contributed by atoms with Gasteiger partial charge in [-0.3, -0.25) is 4.79 Å². The van der Waals surface area contributed by atoms with Crippen LogP contribution < -0.4 is 0 Å². The van der Waals surface area contributed by atoms with Gasteiger partial charge in [0.25, 0.3) is 0 Å². The van der Waals surface area contributed by atoms with Crippen LogP contribution in [0.2, 0.25) is 0 Å². The van der Waals surface area contributed by atoms with Crippen LogP contribution in [-0.2, 0) is 0 Å². The summed E-state index contributed by atoms with van der Waals surface area (Å²) in [6.45, 7) is 0.237. The third-order valence-electron chi connectivity index (χ3n) is 1.63. The summed E-state index contributed by atoms with van der Waals surface area (Å²) in [6, 6.07) is 6.03. The van der Waals surface area contributed by atoms with E-state index < -0.39 is 5.82 Å². The molecule has 1 aromatic carbocycles. The molecule has 3 heteroatoms. The first kappa shape index (κ1) is 9.86. The number of carbonyl (C=O) groups is 1. The molecule has 70 valence electrons. The van der Waals surface area contributed by atoms with Gasteiger partial charge in [0.05, 0.1) is 12.1 Å². The van der Waals surface area contributed by atoms with E-state index in [4.69, 9.17) is 0 Å². The summed E-state index contributed by atoms with van der Waals surface area (Å²) in [5, 5.41) is 0. The molecule has 0 spiro atoms. The lowest BCUT2D eigenvalue weighted by Gasteiger charge is -2.08. The number of benzene rings is 1. The van der Waals surface area contributed by atoms with Crippen molar-refractivity contribution in [3.05, 3.63) is 35.6 Å². The lowest BCUT2D eigenvalue weighted by Crippen LogP contribution is -2.22. The third kappa shape index (κ3) is 2.63. The first-order valence-electron chi connectivity index (χ1n) is 4.03. The van der Waals surface area contributed by atoms with Crippen LogP contribution in [0.1, 0.15) is 10.4 Å². The highest BCUT2D eigenvalue weighted by atomic mass is 19.1. The van der Waals surface area contributed by atoms with Crippen LogP contribution in [0.15, 0.2) is 24.3 Å². The minimum Gasteiger partial charge on any atom is -0.302 e. The smallest absolute Gasteiger partial charge is 0.179 e. The van der Waals surface area contributed by atoms with Crippen molar-refractivity contribution in [2.45, 2.75) is 0 Å². The molecule has 0 aliphatic heterocycles. The standard InChI is InChI=1S/C10H12FNO/c1-12(2)7-10(13)8-5-3-4-6-9(8)11/h3-6H,7H2,1-2H3. The molecule has 2 nitrogen and oxygen atoms in total. The number of halogens is 1. The molecular weight excluding hydrogens is 169 g/mol. The Labute approximate surface area is 77.0 Å². The normalized spacial score (nSPS) is 10.5. The van der Waals surface area contributed by atoms with E-state index in [-0.39, 0.29) is 17.9 Å². The van der Waals surface area contributed by atoms with Crippen LogP contribution in [-0.4, -0.2) is 31.3 Å². The number of likely N-dealkylation sites (N-methyl/N-ethyl adjacent to an activating group) is 1. The summed E-state index contributed by atoms with van der Waals surface area (Å²) in [4.78, 5) is 13.1. The maximum absolute atomic E-state index is 13.1. The van der Waals surface area contributed by atoms with Crippen molar-refractivity contribution in [3.63, 3.8) is 0 Å². The van der Waals surface area contributed by atoms with Gasteiger partial charge in [0, 0.05) is 0 Å². The van der Waals surface area contributed by atoms with Crippen LogP contribution in [0, 0.1) is 5.82 Å². The maximum atomic E-state index is 13.1. The lowest BCUT2D eigenvalue weighted by atomic mass is 10.1. The van der Waals surface area contributed by atoms with Gasteiger partial charge in [-0.1, -0.05) is 12.1 Å². The molecule has 0 N–H and O–H groups in total. The molecule has 1 rings (SSSR count). The minimum absolute atomic E-state index is 0.163. The Kier molecular flexibility index (Phi) is 3.14. The SMILES string of the molecule is CN(C)CC(=O)c1ccccc1F. The summed E-state index contributed by atoms with van der Waals surface area (Å²) >= 11 is 0. The van der Waals surface area contributed by atoms with Gasteiger partial charge in [0.1, 0.15) is 5.82 Å². The van der Waals surface area contributed by atoms with Gasteiger partial charge in [-0.2, -0.15) is 0 Å². The first-order valence-corrected chi connectivity index (χ1v) is 4.03. The van der Waals surface area contributed by atoms with Gasteiger partial charge < -0.3 is 4.90 Å². The molecule has 0 saturated carbocycles. The van der Waals surface area contributed by atoms with E-state index >= 15 is 0 Å². The molecule has 0 bridgehead atoms. The number of carbonyl (C=O) groups excluding carboxylic acids is 1. The zero-order chi connectivity index (χ0) is 9.84. The van der Waals surface area contributed by atoms with Crippen LogP contribution in [0.4, 0.5) is 4.39 Å². The third-order valence-corrected chi connectivity index (χ3v) is 1.63. The van der Waals surface area contributed by atoms with E-state index in [1.54, 1.807) is 31.1 Å². The number of rotatable bonds is 3. The summed E-state index contributed by atoms with van der Waals surface area (Å²) in [5.41, 5.74) is 0.163. The average molecular weight is 181 g/mol. The minimum atomic E-state index is -0.450. The van der Waals surface area contributed by atoms with E-state index in [0.29, 0.717) is 0 Å². The van der Waals surface area contributed by atoms with E-state index in [2.05, 4.69) is 0 Å². The fourth-order valence-corrected chi connectivity index (χ4v) is 1.06. The molecule has 0 aromatic heterocycles. The van der Waals surface area contributed by atoms with Crippen molar-refractivity contribution >= 4 is 5.78 Å². The van der Waals surface area contributed by atoms with Crippen LogP contribution in [0.5, 0.6) is 0 Å². The Hall–Kier alpha value is -1.22. The van der Waals surface area contributed by atoms with Gasteiger partial charge in [0.2, 0.25) is 0 Å². The van der Waals surface area contributed by atoms with Crippen molar-refractivity contribution in [2.75, 3.05) is 20.6 Å². The van der Waals surface area contributed by atoms with Gasteiger partial charge >= 0.3 is 0 Å². The molecule has 0 aliphatic rings. The van der Waals surface area contributed by atoms with Gasteiger partial charge in [-0.15, -0.1) is 0 Å². The summed E-state index contributed by atoms with van der Waals surface area (Å²) < 4.78 is 13.1. The Morgan fingerprint density at radius 3 is 2.54 bits per heavy atom. The largest absolute Gasteiger partial charge is 0.302 e. The molecular formula is C10H12FNO. The zero-order valence-corrected chi connectivity index (χ0v) is 7.75. The predicted molar refractivity (Wildman–Crippen MR) is 49.3 cm³/mol. The van der Waals surface area contributed by atoms with E-state index in [1.807, 2.05) is 0 Å². The quantitative estimate of drug-likeness (QED) is 0.660. The second-order valence-electron chi connectivity index (χ2n) is 3.14. The first-order chi connectivity index (χ1) is 6.11. The lowest BCUT2D eigenvalue weighted by molar-refractivity contribution is 0.0954. The Bertz CT molecular complexity index is 310. The molecule has 0 saturated heterocycles. The Balaban J connectivity index is 2.83. The summed E-state index contributed by atoms with van der Waals surface area (Å²) in [6.07, 6.45) is 0. The molecule has 1 aromatic rings. The number of Topliss-reactive ketones (excluding diaryl/α,β-unsaturated/α-hetero) is 1. The maximum Gasteiger partial charge on any atom is 0.179 e. The topological polar surface area (TPSA) is 20.3 Å². The average Bonchev–Trinajstić information content (AvgIpc) is 2.03. The van der Waals surface area contributed by atoms with Gasteiger partial charge in [0.15, 0.2) is 5.78 Å². The highest BCUT2D eigenvalue weighted by Gasteiger charge is 2.10. The monoisotopic (exact) mass is 181 g/mol. The number of nitrogens with zero attached hydrogens (tertiary/aromatic N) is 1. The van der Waals surface area contributed by atoms with Gasteiger partial charge in [-0.25, -0.2) is 4.39 Å². The molecule has 0 radical (unpaired) electrons. The second-order valence-corrected chi connectivity index (χ2v) is 3.14. The number of hydrogen-bond acceptors (Lipinski definition) is 2. The van der Waals surface area contributed by atoms with Gasteiger partial charge in [-0.05, 0) is 26.2 Å². The van der Waals surface area contributed by atoms with Crippen molar-refractivity contribution in [1.29, 1.82) is 0 Å². The fourth-order valence-electron chi connectivity index (χ4n) is 1.06. The molecule has 13 heavy (non-hydrogen) atoms. The molecule has 0 atom stereocenters. The van der Waals surface area contributed by atoms with E-state index in [9.17, 15) is 9.18 Å². The molecule has 0 aliphatic carbocycles.